The van der Waals surface area contributed by atoms with Crippen LogP contribution in [-0.4, -0.2) is 29.7 Å². The first-order chi connectivity index (χ1) is 16.8. The number of ether oxygens (including phenoxy) is 2. The number of fused-ring (bicyclic) bond motifs is 4. The van der Waals surface area contributed by atoms with Gasteiger partial charge in [-0.15, -0.1) is 5.92 Å². The molecule has 0 radical (unpaired) electrons. The van der Waals surface area contributed by atoms with E-state index in [0.29, 0.717) is 43.0 Å². The molecule has 1 N–H and O–H groups in total. The van der Waals surface area contributed by atoms with Gasteiger partial charge in [-0.1, -0.05) is 36.6 Å². The number of hydrogen-bond acceptors (Lipinski definition) is 4. The summed E-state index contributed by atoms with van der Waals surface area (Å²) in [4.78, 5) is 12.2. The van der Waals surface area contributed by atoms with Crippen LogP contribution in [0.3, 0.4) is 0 Å². The van der Waals surface area contributed by atoms with E-state index in [2.05, 4.69) is 38.3 Å². The van der Waals surface area contributed by atoms with Crippen LogP contribution in [0.15, 0.2) is 58.6 Å². The molecule has 0 aromatic carbocycles. The number of carbonyl (C=O) groups excluding carboxylic acids is 1. The molecular formula is C31H38O4. The molecule has 0 aromatic heterocycles. The maximum absolute atomic E-state index is 12.2. The largest absolute Gasteiger partial charge is 0.490 e. The van der Waals surface area contributed by atoms with Crippen molar-refractivity contribution in [3.63, 3.8) is 0 Å². The summed E-state index contributed by atoms with van der Waals surface area (Å²) in [5.41, 5.74) is 4.23. The molecule has 0 aromatic rings. The minimum Gasteiger partial charge on any atom is -0.490 e. The third-order valence-corrected chi connectivity index (χ3v) is 9.36. The van der Waals surface area contributed by atoms with E-state index in [1.165, 1.54) is 22.3 Å². The molecule has 4 nitrogen and oxygen atoms in total. The molecule has 0 bridgehead atoms. The highest BCUT2D eigenvalue weighted by Crippen LogP contribution is 2.65. The van der Waals surface area contributed by atoms with E-state index in [1.54, 1.807) is 0 Å². The monoisotopic (exact) mass is 474 g/mol. The highest BCUT2D eigenvalue weighted by atomic mass is 16.5. The molecule has 5 aliphatic rings. The third kappa shape index (κ3) is 4.02. The van der Waals surface area contributed by atoms with Crippen LogP contribution in [0, 0.1) is 35.0 Å². The normalized spacial score (nSPS) is 38.3. The zero-order valence-electron chi connectivity index (χ0n) is 21.4. The topological polar surface area (TPSA) is 55.8 Å². The van der Waals surface area contributed by atoms with Crippen LogP contribution in [0.25, 0.3) is 0 Å². The number of ketones is 1. The highest BCUT2D eigenvalue weighted by molar-refractivity contribution is 5.93. The molecule has 1 aliphatic heterocycles. The summed E-state index contributed by atoms with van der Waals surface area (Å²) in [6, 6.07) is 0. The number of carbonyl (C=O) groups is 1. The molecule has 0 unspecified atom stereocenters. The Kier molecular flexibility index (Phi) is 6.34. The van der Waals surface area contributed by atoms with E-state index in [0.717, 1.165) is 44.9 Å². The Hall–Kier alpha value is -2.51. The van der Waals surface area contributed by atoms with Crippen molar-refractivity contribution >= 4 is 5.78 Å². The molecule has 2 saturated carbocycles. The van der Waals surface area contributed by atoms with Crippen molar-refractivity contribution in [1.82, 2.24) is 0 Å². The smallest absolute Gasteiger partial charge is 0.160 e. The average Bonchev–Trinajstić information content (AvgIpc) is 2.95. The molecule has 35 heavy (non-hydrogen) atoms. The van der Waals surface area contributed by atoms with E-state index in [1.807, 2.05) is 19.1 Å². The Balaban J connectivity index is 1.60. The van der Waals surface area contributed by atoms with Gasteiger partial charge < -0.3 is 14.6 Å². The SMILES string of the molecule is C=C1OCCCO/C1=C/C=C(\C)[C@H]1C[C@@]2(C)[C@@H](CC[C@@]2(O)C#CC)[C@@H]2CCC3=CC(=O)CCC3=C21. The molecule has 0 amide bonds. The molecule has 186 valence electrons. The van der Waals surface area contributed by atoms with Crippen LogP contribution in [0.5, 0.6) is 0 Å². The predicted octanol–water partition coefficient (Wildman–Crippen LogP) is 5.95. The second-order valence-corrected chi connectivity index (χ2v) is 11.2. The van der Waals surface area contributed by atoms with Gasteiger partial charge in [0.05, 0.1) is 13.2 Å². The maximum Gasteiger partial charge on any atom is 0.160 e. The van der Waals surface area contributed by atoms with Crippen LogP contribution >= 0.6 is 0 Å². The summed E-state index contributed by atoms with van der Waals surface area (Å²) < 4.78 is 11.6. The Morgan fingerprint density at radius 2 is 2.03 bits per heavy atom. The van der Waals surface area contributed by atoms with E-state index >= 15 is 0 Å². The fourth-order valence-corrected chi connectivity index (χ4v) is 7.54. The zero-order chi connectivity index (χ0) is 24.8. The Morgan fingerprint density at radius 1 is 1.23 bits per heavy atom. The predicted molar refractivity (Wildman–Crippen MR) is 137 cm³/mol. The lowest BCUT2D eigenvalue weighted by molar-refractivity contribution is -0.114. The van der Waals surface area contributed by atoms with E-state index in [9.17, 15) is 9.90 Å². The lowest BCUT2D eigenvalue weighted by Crippen LogP contribution is -2.51. The quantitative estimate of drug-likeness (QED) is 0.502. The van der Waals surface area contributed by atoms with Gasteiger partial charge in [-0.3, -0.25) is 4.79 Å². The first kappa shape index (κ1) is 24.2. The fourth-order valence-electron chi connectivity index (χ4n) is 7.54. The van der Waals surface area contributed by atoms with Crippen molar-refractivity contribution in [3.8, 4) is 11.8 Å². The van der Waals surface area contributed by atoms with Crippen LogP contribution in [0.1, 0.15) is 72.1 Å². The van der Waals surface area contributed by atoms with Gasteiger partial charge in [-0.25, -0.2) is 0 Å². The van der Waals surface area contributed by atoms with E-state index in [4.69, 9.17) is 9.47 Å². The van der Waals surface area contributed by atoms with Crippen molar-refractivity contribution in [2.45, 2.75) is 77.7 Å². The van der Waals surface area contributed by atoms with Gasteiger partial charge in [0.1, 0.15) is 5.60 Å². The molecule has 3 fully saturated rings. The first-order valence-corrected chi connectivity index (χ1v) is 13.2. The lowest BCUT2D eigenvalue weighted by atomic mass is 9.51. The molecule has 5 rings (SSSR count). The standard InChI is InChI=1S/C31H38O4/c1-5-14-31(33)15-13-27-25-10-8-22-18-23(32)9-11-24(22)29(25)26(19-30(27,31)4)20(2)7-12-28-21(3)34-16-6-17-35-28/h7,12,18,25-27,33H,3,6,8-11,13,15-17,19H2,1-2,4H3/b20-7+,28-12+/t25-,26+,27-,30-,31-/m0/s1. The Morgan fingerprint density at radius 3 is 2.83 bits per heavy atom. The summed E-state index contributed by atoms with van der Waals surface area (Å²) in [6.45, 7) is 11.6. The van der Waals surface area contributed by atoms with Gasteiger partial charge in [0.2, 0.25) is 0 Å². The second-order valence-electron chi connectivity index (χ2n) is 11.2. The van der Waals surface area contributed by atoms with Crippen molar-refractivity contribution in [2.75, 3.05) is 13.2 Å². The van der Waals surface area contributed by atoms with E-state index in [-0.39, 0.29) is 17.1 Å². The van der Waals surface area contributed by atoms with Crippen molar-refractivity contribution < 1.29 is 19.4 Å². The van der Waals surface area contributed by atoms with Gasteiger partial charge in [0.25, 0.3) is 0 Å². The summed E-state index contributed by atoms with van der Waals surface area (Å²) in [5.74, 6) is 8.83. The number of aliphatic hydroxyl groups is 1. The molecule has 4 aliphatic carbocycles. The van der Waals surface area contributed by atoms with Crippen molar-refractivity contribution in [3.05, 3.63) is 58.6 Å². The van der Waals surface area contributed by atoms with Crippen LogP contribution in [-0.2, 0) is 14.3 Å². The maximum atomic E-state index is 12.2. The highest BCUT2D eigenvalue weighted by Gasteiger charge is 2.62. The minimum absolute atomic E-state index is 0.202. The third-order valence-electron chi connectivity index (χ3n) is 9.36. The molecular weight excluding hydrogens is 436 g/mol. The van der Waals surface area contributed by atoms with Gasteiger partial charge in [-0.2, -0.15) is 0 Å². The summed E-state index contributed by atoms with van der Waals surface area (Å²) in [6.07, 6.45) is 13.0. The molecule has 1 heterocycles. The van der Waals surface area contributed by atoms with Gasteiger partial charge in [0, 0.05) is 24.2 Å². The first-order valence-electron chi connectivity index (χ1n) is 13.2. The Labute approximate surface area is 209 Å². The van der Waals surface area contributed by atoms with Crippen LogP contribution < -0.4 is 0 Å². The summed E-state index contributed by atoms with van der Waals surface area (Å²) >= 11 is 0. The minimum atomic E-state index is -0.954. The zero-order valence-corrected chi connectivity index (χ0v) is 21.4. The van der Waals surface area contributed by atoms with Crippen LogP contribution in [0.4, 0.5) is 0 Å². The second kappa shape index (κ2) is 9.17. The molecule has 1 saturated heterocycles. The molecule has 5 atom stereocenters. The Bertz CT molecular complexity index is 1120. The van der Waals surface area contributed by atoms with Crippen LogP contribution in [0.2, 0.25) is 0 Å². The van der Waals surface area contributed by atoms with Gasteiger partial charge >= 0.3 is 0 Å². The fraction of sp³-hybridized carbons (Fsp3) is 0.581. The lowest BCUT2D eigenvalue weighted by Gasteiger charge is -2.54. The summed E-state index contributed by atoms with van der Waals surface area (Å²) in [5, 5.41) is 11.8. The van der Waals surface area contributed by atoms with Gasteiger partial charge in [-0.05, 0) is 87.5 Å². The number of rotatable bonds is 2. The summed E-state index contributed by atoms with van der Waals surface area (Å²) in [7, 11) is 0. The number of hydrogen-bond donors (Lipinski definition) is 1. The molecule has 0 spiro atoms. The van der Waals surface area contributed by atoms with Crippen molar-refractivity contribution in [1.29, 1.82) is 0 Å². The number of allylic oxidation sites excluding steroid dienone is 7. The van der Waals surface area contributed by atoms with Crippen molar-refractivity contribution in [2.24, 2.45) is 23.2 Å². The molecule has 4 heteroatoms. The van der Waals surface area contributed by atoms with E-state index < -0.39 is 5.60 Å². The van der Waals surface area contributed by atoms with Gasteiger partial charge in [0.15, 0.2) is 17.3 Å². The average molecular weight is 475 g/mol.